The molecule has 1 aliphatic carbocycles. The topological polar surface area (TPSA) is 43.4 Å². The number of ketones is 1. The molecule has 4 heteroatoms. The summed E-state index contributed by atoms with van der Waals surface area (Å²) < 4.78 is 4.88. The van der Waals surface area contributed by atoms with Crippen molar-refractivity contribution in [2.24, 2.45) is 0 Å². The molecule has 0 amide bonds. The number of carbonyl (C=O) groups is 2. The first-order valence-electron chi connectivity index (χ1n) is 5.58. The van der Waals surface area contributed by atoms with E-state index in [2.05, 4.69) is 0 Å². The molecular formula is C13H13ClO3. The van der Waals surface area contributed by atoms with Gasteiger partial charge < -0.3 is 4.74 Å². The second kappa shape index (κ2) is 4.49. The molecule has 0 aliphatic heterocycles. The fourth-order valence-electron chi connectivity index (χ4n) is 2.03. The number of Topliss-reactive ketones (excluding diaryl/α,β-unsaturated/α-hetero) is 1. The zero-order valence-corrected chi connectivity index (χ0v) is 10.3. The van der Waals surface area contributed by atoms with Gasteiger partial charge in [-0.3, -0.25) is 4.79 Å². The Morgan fingerprint density at radius 3 is 2.88 bits per heavy atom. The first kappa shape index (κ1) is 12.1. The summed E-state index contributed by atoms with van der Waals surface area (Å²) in [6, 6.07) is 7.23. The highest BCUT2D eigenvalue weighted by Crippen LogP contribution is 2.34. The zero-order chi connectivity index (χ0) is 12.5. The molecule has 1 aliphatic rings. The van der Waals surface area contributed by atoms with Crippen LogP contribution in [0.15, 0.2) is 24.3 Å². The molecule has 0 heterocycles. The van der Waals surface area contributed by atoms with E-state index in [0.29, 0.717) is 18.4 Å². The smallest absolute Gasteiger partial charge is 0.335 e. The van der Waals surface area contributed by atoms with Gasteiger partial charge in [-0.2, -0.15) is 0 Å². The van der Waals surface area contributed by atoms with E-state index in [1.54, 1.807) is 19.1 Å². The van der Waals surface area contributed by atoms with Crippen molar-refractivity contribution >= 4 is 23.4 Å². The zero-order valence-electron chi connectivity index (χ0n) is 9.53. The normalized spacial score (nSPS) is 23.1. The predicted molar refractivity (Wildman–Crippen MR) is 64.3 cm³/mol. The Morgan fingerprint density at radius 2 is 2.18 bits per heavy atom. The van der Waals surface area contributed by atoms with Crippen LogP contribution >= 0.6 is 11.6 Å². The van der Waals surface area contributed by atoms with Gasteiger partial charge in [-0.05, 0) is 25.3 Å². The van der Waals surface area contributed by atoms with Crippen molar-refractivity contribution < 1.29 is 14.3 Å². The summed E-state index contributed by atoms with van der Waals surface area (Å²) in [5, 5.41) is 0. The van der Waals surface area contributed by atoms with Gasteiger partial charge in [-0.1, -0.05) is 35.9 Å². The fourth-order valence-corrected chi connectivity index (χ4v) is 2.28. The van der Waals surface area contributed by atoms with Crippen LogP contribution in [0.25, 0.3) is 0 Å². The number of hydrogen-bond donors (Lipinski definition) is 0. The molecule has 1 atom stereocenters. The molecule has 0 spiro atoms. The van der Waals surface area contributed by atoms with Crippen LogP contribution in [0.4, 0.5) is 0 Å². The predicted octanol–water partition coefficient (Wildman–Crippen LogP) is 2.36. The van der Waals surface area contributed by atoms with E-state index in [-0.39, 0.29) is 12.4 Å². The first-order valence-corrected chi connectivity index (χ1v) is 5.96. The van der Waals surface area contributed by atoms with Crippen LogP contribution in [-0.4, -0.2) is 23.2 Å². The lowest BCUT2D eigenvalue weighted by Crippen LogP contribution is -2.45. The lowest BCUT2D eigenvalue weighted by Gasteiger charge is -2.28. The highest BCUT2D eigenvalue weighted by molar-refractivity contribution is 6.48. The molecule has 0 N–H and O–H groups in total. The average Bonchev–Trinajstić information content (AvgIpc) is 2.35. The Kier molecular flexibility index (Phi) is 3.20. The standard InChI is InChI=1S/C13H13ClO3/c1-2-17-12(16)13(14)8-7-9-5-3-4-6-10(9)11(13)15/h3-6H,2,7-8H2,1H3. The molecule has 17 heavy (non-hydrogen) atoms. The Labute approximate surface area is 105 Å². The second-order valence-corrected chi connectivity index (χ2v) is 4.65. The summed E-state index contributed by atoms with van der Waals surface area (Å²) in [4.78, 5) is 22.4. The lowest BCUT2D eigenvalue weighted by atomic mass is 9.82. The Hall–Kier alpha value is -1.35. The third kappa shape index (κ3) is 1.95. The Bertz CT molecular complexity index is 469. The van der Waals surface area contributed by atoms with Gasteiger partial charge in [-0.15, -0.1) is 0 Å². The molecule has 0 bridgehead atoms. The lowest BCUT2D eigenvalue weighted by molar-refractivity contribution is -0.145. The molecular weight excluding hydrogens is 240 g/mol. The van der Waals surface area contributed by atoms with Crippen molar-refractivity contribution in [1.29, 1.82) is 0 Å². The van der Waals surface area contributed by atoms with Crippen molar-refractivity contribution in [3.05, 3.63) is 35.4 Å². The quantitative estimate of drug-likeness (QED) is 0.461. The molecule has 3 nitrogen and oxygen atoms in total. The van der Waals surface area contributed by atoms with E-state index >= 15 is 0 Å². The summed E-state index contributed by atoms with van der Waals surface area (Å²) in [5.41, 5.74) is 1.47. The van der Waals surface area contributed by atoms with Gasteiger partial charge in [0.05, 0.1) is 6.61 Å². The number of aryl methyl sites for hydroxylation is 1. The molecule has 0 fully saturated rings. The number of halogens is 1. The van der Waals surface area contributed by atoms with Crippen molar-refractivity contribution in [3.8, 4) is 0 Å². The van der Waals surface area contributed by atoms with Gasteiger partial charge in [-0.25, -0.2) is 4.79 Å². The SMILES string of the molecule is CCOC(=O)C1(Cl)CCc2ccccc2C1=O. The third-order valence-corrected chi connectivity index (χ3v) is 3.47. The fraction of sp³-hybridized carbons (Fsp3) is 0.385. The summed E-state index contributed by atoms with van der Waals surface area (Å²) in [6.07, 6.45) is 0.910. The van der Waals surface area contributed by atoms with E-state index in [1.807, 2.05) is 12.1 Å². The van der Waals surface area contributed by atoms with Gasteiger partial charge in [0.25, 0.3) is 0 Å². The molecule has 90 valence electrons. The molecule has 1 aromatic carbocycles. The highest BCUT2D eigenvalue weighted by Gasteiger charge is 2.48. The molecule has 1 aromatic rings. The maximum atomic E-state index is 12.2. The molecule has 0 radical (unpaired) electrons. The van der Waals surface area contributed by atoms with Crippen molar-refractivity contribution in [2.75, 3.05) is 6.61 Å². The molecule has 0 aromatic heterocycles. The van der Waals surface area contributed by atoms with Gasteiger partial charge in [0.1, 0.15) is 0 Å². The van der Waals surface area contributed by atoms with E-state index < -0.39 is 10.8 Å². The second-order valence-electron chi connectivity index (χ2n) is 4.01. The van der Waals surface area contributed by atoms with Gasteiger partial charge in [0.2, 0.25) is 4.87 Å². The number of alkyl halides is 1. The van der Waals surface area contributed by atoms with Crippen LogP contribution in [-0.2, 0) is 16.0 Å². The third-order valence-electron chi connectivity index (χ3n) is 2.96. The van der Waals surface area contributed by atoms with E-state index in [1.165, 1.54) is 0 Å². The average molecular weight is 253 g/mol. The van der Waals surface area contributed by atoms with Crippen LogP contribution in [0.5, 0.6) is 0 Å². The molecule has 2 rings (SSSR count). The number of benzene rings is 1. The minimum Gasteiger partial charge on any atom is -0.464 e. The number of fused-ring (bicyclic) bond motifs is 1. The maximum absolute atomic E-state index is 12.2. The number of hydrogen-bond acceptors (Lipinski definition) is 3. The van der Waals surface area contributed by atoms with E-state index in [0.717, 1.165) is 5.56 Å². The van der Waals surface area contributed by atoms with Gasteiger partial charge in [0.15, 0.2) is 5.78 Å². The van der Waals surface area contributed by atoms with Crippen LogP contribution < -0.4 is 0 Å². The summed E-state index contributed by atoms with van der Waals surface area (Å²) in [5.74, 6) is -0.986. The number of esters is 1. The van der Waals surface area contributed by atoms with Gasteiger partial charge in [0, 0.05) is 5.56 Å². The summed E-state index contributed by atoms with van der Waals surface area (Å²) in [7, 11) is 0. The summed E-state index contributed by atoms with van der Waals surface area (Å²) in [6.45, 7) is 1.92. The molecule has 0 saturated carbocycles. The minimum atomic E-state index is -1.54. The van der Waals surface area contributed by atoms with Crippen molar-refractivity contribution in [2.45, 2.75) is 24.6 Å². The number of ether oxygens (including phenoxy) is 1. The van der Waals surface area contributed by atoms with Crippen LogP contribution in [0.1, 0.15) is 29.3 Å². The monoisotopic (exact) mass is 252 g/mol. The van der Waals surface area contributed by atoms with Crippen LogP contribution in [0.2, 0.25) is 0 Å². The first-order chi connectivity index (χ1) is 8.09. The number of carbonyl (C=O) groups excluding carboxylic acids is 2. The summed E-state index contributed by atoms with van der Waals surface area (Å²) >= 11 is 6.16. The largest absolute Gasteiger partial charge is 0.464 e. The van der Waals surface area contributed by atoms with E-state index in [4.69, 9.17) is 16.3 Å². The van der Waals surface area contributed by atoms with Crippen molar-refractivity contribution in [3.63, 3.8) is 0 Å². The van der Waals surface area contributed by atoms with Gasteiger partial charge >= 0.3 is 5.97 Å². The van der Waals surface area contributed by atoms with Crippen LogP contribution in [0, 0.1) is 0 Å². The van der Waals surface area contributed by atoms with E-state index in [9.17, 15) is 9.59 Å². The minimum absolute atomic E-state index is 0.224. The highest BCUT2D eigenvalue weighted by atomic mass is 35.5. The van der Waals surface area contributed by atoms with Crippen LogP contribution in [0.3, 0.4) is 0 Å². The van der Waals surface area contributed by atoms with Crippen molar-refractivity contribution in [1.82, 2.24) is 0 Å². The molecule has 1 unspecified atom stereocenters. The molecule has 0 saturated heterocycles. The Morgan fingerprint density at radius 1 is 1.47 bits per heavy atom. The maximum Gasteiger partial charge on any atom is 0.335 e. The Balaban J connectivity index is 2.37. The number of rotatable bonds is 2.